The lowest BCUT2D eigenvalue weighted by Gasteiger charge is -2.33. The lowest BCUT2D eigenvalue weighted by Crippen LogP contribution is -2.33. The van der Waals surface area contributed by atoms with Gasteiger partial charge in [-0.25, -0.2) is 14.2 Å². The summed E-state index contributed by atoms with van der Waals surface area (Å²) < 4.78 is 39.2. The summed E-state index contributed by atoms with van der Waals surface area (Å²) in [6.45, 7) is 4.75. The number of rotatable bonds is 9. The zero-order valence-electron chi connectivity index (χ0n) is 17.7. The Morgan fingerprint density at radius 1 is 1.03 bits per heavy atom. The molecular weight excluding hydrogens is 435 g/mol. The van der Waals surface area contributed by atoms with E-state index in [2.05, 4.69) is 0 Å². The molecule has 2 aliphatic rings. The summed E-state index contributed by atoms with van der Waals surface area (Å²) >= 11 is 0.772. The van der Waals surface area contributed by atoms with Gasteiger partial charge in [-0.2, -0.15) is 0 Å². The van der Waals surface area contributed by atoms with Gasteiger partial charge in [-0.05, 0) is 38.7 Å². The topological polar surface area (TPSA) is 114 Å². The van der Waals surface area contributed by atoms with Gasteiger partial charge < -0.3 is 14.0 Å². The van der Waals surface area contributed by atoms with Crippen LogP contribution in [0.3, 0.4) is 0 Å². The molecule has 1 saturated carbocycles. The third kappa shape index (κ3) is 5.17. The number of carbonyl (C=O) groups is 3. The number of carbonyl (C=O) groups excluding carboxylic acids is 3. The Morgan fingerprint density at radius 2 is 1.60 bits per heavy atom. The molecule has 11 heteroatoms. The summed E-state index contributed by atoms with van der Waals surface area (Å²) in [6.07, 6.45) is 1.83. The maximum Gasteiger partial charge on any atom is 0.529 e. The molecule has 0 saturated heterocycles. The van der Waals surface area contributed by atoms with Gasteiger partial charge in [-0.3, -0.25) is 13.8 Å². The van der Waals surface area contributed by atoms with Crippen molar-refractivity contribution in [3.8, 4) is 0 Å². The first-order chi connectivity index (χ1) is 14.2. The molecule has 0 N–H and O–H groups in total. The number of hydrogen-bond acceptors (Lipinski definition) is 10. The summed E-state index contributed by atoms with van der Waals surface area (Å²) in [5, 5.41) is -1.37. The quantitative estimate of drug-likeness (QED) is 0.372. The Hall–Kier alpha value is -1.61. The molecule has 0 aromatic rings. The highest BCUT2D eigenvalue weighted by atomic mass is 32.2. The van der Waals surface area contributed by atoms with Crippen LogP contribution in [0.1, 0.15) is 40.0 Å². The van der Waals surface area contributed by atoms with E-state index in [1.165, 1.54) is 21.1 Å². The highest BCUT2D eigenvalue weighted by Gasteiger charge is 2.48. The Bertz CT molecular complexity index is 807. The fourth-order valence-electron chi connectivity index (χ4n) is 3.69. The summed E-state index contributed by atoms with van der Waals surface area (Å²) in [6, 6.07) is 0. The number of hydrogen-bond donors (Lipinski definition) is 0. The summed E-state index contributed by atoms with van der Waals surface area (Å²) in [5.41, 5.74) is 0.779. The van der Waals surface area contributed by atoms with E-state index in [0.717, 1.165) is 11.8 Å². The Kier molecular flexibility index (Phi) is 8.73. The van der Waals surface area contributed by atoms with Gasteiger partial charge in [-0.15, -0.1) is 0 Å². The highest BCUT2D eigenvalue weighted by molar-refractivity contribution is 8.14. The molecule has 2 rings (SSSR count). The van der Waals surface area contributed by atoms with Crippen LogP contribution in [0.2, 0.25) is 0 Å². The lowest BCUT2D eigenvalue weighted by molar-refractivity contribution is -0.140. The molecule has 9 nitrogen and oxygen atoms in total. The number of phosphoric acid groups is 1. The van der Waals surface area contributed by atoms with E-state index >= 15 is 0 Å². The minimum absolute atomic E-state index is 0.0465. The summed E-state index contributed by atoms with van der Waals surface area (Å²) in [4.78, 5) is 37.4. The number of ether oxygens (including phenoxy) is 2. The molecule has 2 atom stereocenters. The number of allylic oxidation sites excluding steroid dienone is 1. The molecule has 0 heterocycles. The first-order valence-electron chi connectivity index (χ1n) is 9.62. The van der Waals surface area contributed by atoms with Crippen LogP contribution in [0.5, 0.6) is 0 Å². The number of fused-ring (bicyclic) bond motifs is 1. The number of phosphoric ester groups is 1. The SMILES string of the molecule is CCOP(=O)(OCC)OC1=C2CCC[C@@H]2C(C(=O)OC)=C(C(=O)OC)[C@@H]1SC(C)=O. The first-order valence-corrected chi connectivity index (χ1v) is 12.0. The van der Waals surface area contributed by atoms with Crippen molar-refractivity contribution in [2.75, 3.05) is 27.4 Å². The maximum atomic E-state index is 13.1. The number of esters is 2. The average molecular weight is 462 g/mol. The Labute approximate surface area is 180 Å². The molecule has 0 aromatic carbocycles. The van der Waals surface area contributed by atoms with Gasteiger partial charge in [0.2, 0.25) is 0 Å². The van der Waals surface area contributed by atoms with Crippen molar-refractivity contribution in [3.05, 3.63) is 22.5 Å². The summed E-state index contributed by atoms with van der Waals surface area (Å²) in [7, 11) is -1.60. The third-order valence-corrected chi connectivity index (χ3v) is 7.28. The molecule has 2 aliphatic carbocycles. The van der Waals surface area contributed by atoms with E-state index in [9.17, 15) is 18.9 Å². The van der Waals surface area contributed by atoms with Crippen molar-refractivity contribution in [1.29, 1.82) is 0 Å². The number of thioether (sulfide) groups is 1. The van der Waals surface area contributed by atoms with Gasteiger partial charge in [0.05, 0.1) is 38.6 Å². The molecule has 0 aliphatic heterocycles. The molecule has 0 bridgehead atoms. The van der Waals surface area contributed by atoms with Gasteiger partial charge >= 0.3 is 19.8 Å². The van der Waals surface area contributed by atoms with E-state index in [4.69, 9.17) is 23.0 Å². The Morgan fingerprint density at radius 3 is 2.10 bits per heavy atom. The van der Waals surface area contributed by atoms with Crippen LogP contribution in [-0.4, -0.2) is 49.7 Å². The van der Waals surface area contributed by atoms with E-state index in [0.29, 0.717) is 24.8 Å². The van der Waals surface area contributed by atoms with Crippen LogP contribution in [0, 0.1) is 5.92 Å². The zero-order valence-corrected chi connectivity index (χ0v) is 19.4. The van der Waals surface area contributed by atoms with Crippen molar-refractivity contribution in [1.82, 2.24) is 0 Å². The second-order valence-corrected chi connectivity index (χ2v) is 9.38. The van der Waals surface area contributed by atoms with Crippen LogP contribution < -0.4 is 0 Å². The van der Waals surface area contributed by atoms with Crippen LogP contribution in [-0.2, 0) is 42.0 Å². The standard InChI is InChI=1S/C19H27O9PS/c1-6-26-29(23,27-7-2)28-16-13-10-8-9-12(13)14(18(21)24-4)15(19(22)25-5)17(16)30-11(3)20/h12,17H,6-10H2,1-5H3/t12-,17-/m0/s1. The monoisotopic (exact) mass is 462 g/mol. The van der Waals surface area contributed by atoms with Crippen molar-refractivity contribution in [2.45, 2.75) is 45.3 Å². The van der Waals surface area contributed by atoms with E-state index in [1.807, 2.05) is 0 Å². The predicted octanol–water partition coefficient (Wildman–Crippen LogP) is 3.54. The molecular formula is C19H27O9PS. The van der Waals surface area contributed by atoms with E-state index < -0.39 is 30.9 Å². The molecule has 30 heavy (non-hydrogen) atoms. The smallest absolute Gasteiger partial charge is 0.466 e. The minimum atomic E-state index is -4.01. The van der Waals surface area contributed by atoms with Gasteiger partial charge in [0.25, 0.3) is 0 Å². The van der Waals surface area contributed by atoms with E-state index in [1.54, 1.807) is 13.8 Å². The average Bonchev–Trinajstić information content (AvgIpc) is 3.17. The zero-order chi connectivity index (χ0) is 22.5. The fourth-order valence-corrected chi connectivity index (χ4v) is 6.01. The Balaban J connectivity index is 2.70. The van der Waals surface area contributed by atoms with Crippen molar-refractivity contribution in [3.63, 3.8) is 0 Å². The molecule has 0 unspecified atom stereocenters. The minimum Gasteiger partial charge on any atom is -0.466 e. The van der Waals surface area contributed by atoms with Crippen LogP contribution in [0.4, 0.5) is 0 Å². The molecule has 0 spiro atoms. The van der Waals surface area contributed by atoms with Gasteiger partial charge in [0, 0.05) is 12.8 Å². The van der Waals surface area contributed by atoms with Crippen molar-refractivity contribution < 1.29 is 42.0 Å². The van der Waals surface area contributed by atoms with Crippen molar-refractivity contribution in [2.24, 2.45) is 5.92 Å². The number of methoxy groups -OCH3 is 2. The molecule has 0 radical (unpaired) electrons. The maximum absolute atomic E-state index is 13.1. The second-order valence-electron chi connectivity index (χ2n) is 6.51. The predicted molar refractivity (Wildman–Crippen MR) is 109 cm³/mol. The van der Waals surface area contributed by atoms with Crippen LogP contribution in [0.15, 0.2) is 22.5 Å². The van der Waals surface area contributed by atoms with Crippen LogP contribution in [0.25, 0.3) is 0 Å². The molecule has 1 fully saturated rings. The van der Waals surface area contributed by atoms with Crippen molar-refractivity contribution >= 4 is 36.6 Å². The highest BCUT2D eigenvalue weighted by Crippen LogP contribution is 2.57. The first kappa shape index (κ1) is 24.7. The second kappa shape index (κ2) is 10.6. The molecule has 168 valence electrons. The lowest BCUT2D eigenvalue weighted by atomic mass is 9.82. The molecule has 0 aromatic heterocycles. The van der Waals surface area contributed by atoms with E-state index in [-0.39, 0.29) is 35.2 Å². The molecule has 0 amide bonds. The van der Waals surface area contributed by atoms with Gasteiger partial charge in [0.1, 0.15) is 11.0 Å². The van der Waals surface area contributed by atoms with Crippen LogP contribution >= 0.6 is 19.6 Å². The largest absolute Gasteiger partial charge is 0.529 e. The third-order valence-electron chi connectivity index (χ3n) is 4.69. The van der Waals surface area contributed by atoms with Gasteiger partial charge in [0.15, 0.2) is 5.12 Å². The normalized spacial score (nSPS) is 21.4. The summed E-state index contributed by atoms with van der Waals surface area (Å²) in [5.74, 6) is -1.78. The fraction of sp³-hybridized carbons (Fsp3) is 0.632. The van der Waals surface area contributed by atoms with Gasteiger partial charge in [-0.1, -0.05) is 11.8 Å².